The van der Waals surface area contributed by atoms with Crippen molar-refractivity contribution in [1.82, 2.24) is 4.90 Å². The van der Waals surface area contributed by atoms with Gasteiger partial charge in [0.15, 0.2) is 0 Å². The van der Waals surface area contributed by atoms with Gasteiger partial charge in [-0.2, -0.15) is 0 Å². The van der Waals surface area contributed by atoms with Gasteiger partial charge in [-0.05, 0) is 58.2 Å². The highest BCUT2D eigenvalue weighted by Gasteiger charge is 2.02. The van der Waals surface area contributed by atoms with Crippen LogP contribution in [0.3, 0.4) is 0 Å². The summed E-state index contributed by atoms with van der Waals surface area (Å²) in [6.07, 6.45) is 53.9. The molecule has 0 aliphatic carbocycles. The summed E-state index contributed by atoms with van der Waals surface area (Å²) < 4.78 is 0. The standard InChI is InChI=1S/C42H85N/c1-4-7-9-11-13-15-17-19-21-23-24-25-26-28-30-32-34-36-38-40-42-43(6-3)41-39-37-35-33-31-29-27-22-20-18-16-14-12-10-8-5-2/h20,22H,4-19,21,23-42H2,1-3H3/b22-20-. The fourth-order valence-electron chi connectivity index (χ4n) is 6.60. The van der Waals surface area contributed by atoms with Gasteiger partial charge in [0, 0.05) is 0 Å². The third kappa shape index (κ3) is 37.8. The van der Waals surface area contributed by atoms with Crippen molar-refractivity contribution in [1.29, 1.82) is 0 Å². The third-order valence-electron chi connectivity index (χ3n) is 9.76. The fraction of sp³-hybridized carbons (Fsp3) is 0.952. The summed E-state index contributed by atoms with van der Waals surface area (Å²) in [5.41, 5.74) is 0. The van der Waals surface area contributed by atoms with Crippen LogP contribution < -0.4 is 0 Å². The minimum atomic E-state index is 1.24. The van der Waals surface area contributed by atoms with E-state index in [-0.39, 0.29) is 0 Å². The molecule has 0 N–H and O–H groups in total. The molecule has 0 aromatic heterocycles. The van der Waals surface area contributed by atoms with Crippen LogP contribution in [0.2, 0.25) is 0 Å². The summed E-state index contributed by atoms with van der Waals surface area (Å²) in [7, 11) is 0. The minimum Gasteiger partial charge on any atom is -0.304 e. The Hall–Kier alpha value is -0.300. The van der Waals surface area contributed by atoms with Crippen molar-refractivity contribution < 1.29 is 0 Å². The molecule has 0 saturated heterocycles. The molecule has 0 aliphatic heterocycles. The average molecular weight is 604 g/mol. The molecule has 0 aromatic rings. The van der Waals surface area contributed by atoms with E-state index < -0.39 is 0 Å². The normalized spacial score (nSPS) is 11.9. The van der Waals surface area contributed by atoms with Crippen LogP contribution in [0.4, 0.5) is 0 Å². The Morgan fingerprint density at radius 1 is 0.279 bits per heavy atom. The van der Waals surface area contributed by atoms with Crippen LogP contribution >= 0.6 is 0 Å². The third-order valence-corrected chi connectivity index (χ3v) is 9.76. The summed E-state index contributed by atoms with van der Waals surface area (Å²) in [6.45, 7) is 10.9. The molecule has 0 rings (SSSR count). The van der Waals surface area contributed by atoms with Crippen molar-refractivity contribution in [2.45, 2.75) is 239 Å². The van der Waals surface area contributed by atoms with E-state index in [1.807, 2.05) is 0 Å². The highest BCUT2D eigenvalue weighted by Crippen LogP contribution is 2.15. The van der Waals surface area contributed by atoms with Gasteiger partial charge in [0.2, 0.25) is 0 Å². The number of hydrogen-bond donors (Lipinski definition) is 0. The van der Waals surface area contributed by atoms with Crippen molar-refractivity contribution in [3.8, 4) is 0 Å². The molecular formula is C42H85N. The molecule has 0 atom stereocenters. The monoisotopic (exact) mass is 604 g/mol. The maximum absolute atomic E-state index is 2.71. The summed E-state index contributed by atoms with van der Waals surface area (Å²) in [5, 5.41) is 0. The molecule has 0 heterocycles. The predicted octanol–water partition coefficient (Wildman–Crippen LogP) is 15.2. The van der Waals surface area contributed by atoms with Gasteiger partial charge in [-0.15, -0.1) is 0 Å². The molecule has 0 aromatic carbocycles. The first-order valence-corrected chi connectivity index (χ1v) is 20.7. The molecule has 258 valence electrons. The van der Waals surface area contributed by atoms with Gasteiger partial charge in [0.1, 0.15) is 0 Å². The second-order valence-electron chi connectivity index (χ2n) is 14.1. The van der Waals surface area contributed by atoms with E-state index in [9.17, 15) is 0 Å². The number of nitrogens with zero attached hydrogens (tertiary/aromatic N) is 1. The van der Waals surface area contributed by atoms with Crippen LogP contribution in [0.15, 0.2) is 12.2 Å². The second-order valence-corrected chi connectivity index (χ2v) is 14.1. The largest absolute Gasteiger partial charge is 0.304 e. The number of allylic oxidation sites excluding steroid dienone is 2. The summed E-state index contributed by atoms with van der Waals surface area (Å²) in [5.74, 6) is 0. The van der Waals surface area contributed by atoms with Crippen molar-refractivity contribution in [3.63, 3.8) is 0 Å². The van der Waals surface area contributed by atoms with Gasteiger partial charge in [-0.25, -0.2) is 0 Å². The van der Waals surface area contributed by atoms with Gasteiger partial charge >= 0.3 is 0 Å². The topological polar surface area (TPSA) is 3.24 Å². The van der Waals surface area contributed by atoms with E-state index in [1.165, 1.54) is 238 Å². The van der Waals surface area contributed by atoms with E-state index in [1.54, 1.807) is 0 Å². The number of unbranched alkanes of at least 4 members (excludes halogenated alkanes) is 31. The molecule has 43 heavy (non-hydrogen) atoms. The first-order valence-electron chi connectivity index (χ1n) is 20.7. The number of rotatable bonds is 38. The SMILES string of the molecule is CCCCCCCC/C=C\CCCCCCCCN(CC)CCCCCCCCCCCCCCCCCCCCCC. The van der Waals surface area contributed by atoms with E-state index in [2.05, 4.69) is 37.8 Å². The molecule has 0 aliphatic rings. The van der Waals surface area contributed by atoms with Crippen molar-refractivity contribution >= 4 is 0 Å². The van der Waals surface area contributed by atoms with E-state index in [4.69, 9.17) is 0 Å². The van der Waals surface area contributed by atoms with Crippen LogP contribution in [-0.4, -0.2) is 24.5 Å². The molecular weight excluding hydrogens is 518 g/mol. The quantitative estimate of drug-likeness (QED) is 0.0501. The minimum absolute atomic E-state index is 1.24. The Labute approximate surface area is 275 Å². The smallest absolute Gasteiger partial charge is 0.00189 e. The summed E-state index contributed by atoms with van der Waals surface area (Å²) in [4.78, 5) is 2.71. The van der Waals surface area contributed by atoms with Crippen molar-refractivity contribution in [2.75, 3.05) is 19.6 Å². The lowest BCUT2D eigenvalue weighted by Crippen LogP contribution is -2.25. The van der Waals surface area contributed by atoms with E-state index in [0.29, 0.717) is 0 Å². The maximum Gasteiger partial charge on any atom is -0.00189 e. The Bertz CT molecular complexity index is 497. The van der Waals surface area contributed by atoms with E-state index >= 15 is 0 Å². The fourth-order valence-corrected chi connectivity index (χ4v) is 6.60. The van der Waals surface area contributed by atoms with E-state index in [0.717, 1.165) is 0 Å². The molecule has 0 spiro atoms. The zero-order valence-corrected chi connectivity index (χ0v) is 30.8. The summed E-state index contributed by atoms with van der Waals surface area (Å²) >= 11 is 0. The summed E-state index contributed by atoms with van der Waals surface area (Å²) in [6, 6.07) is 0. The zero-order chi connectivity index (χ0) is 31.2. The molecule has 0 radical (unpaired) electrons. The predicted molar refractivity (Wildman–Crippen MR) is 200 cm³/mol. The van der Waals surface area contributed by atoms with Gasteiger partial charge in [0.05, 0.1) is 0 Å². The van der Waals surface area contributed by atoms with Crippen molar-refractivity contribution in [3.05, 3.63) is 12.2 Å². The lowest BCUT2D eigenvalue weighted by molar-refractivity contribution is 0.273. The highest BCUT2D eigenvalue weighted by atomic mass is 15.1. The lowest BCUT2D eigenvalue weighted by atomic mass is 10.0. The van der Waals surface area contributed by atoms with Crippen LogP contribution in [0, 0.1) is 0 Å². The number of hydrogen-bond acceptors (Lipinski definition) is 1. The van der Waals surface area contributed by atoms with Gasteiger partial charge < -0.3 is 4.90 Å². The molecule has 0 saturated carbocycles. The molecule has 1 nitrogen and oxygen atoms in total. The molecule has 0 unspecified atom stereocenters. The van der Waals surface area contributed by atoms with Crippen molar-refractivity contribution in [2.24, 2.45) is 0 Å². The Balaban J connectivity index is 3.27. The molecule has 0 fully saturated rings. The Kier molecular flexibility index (Phi) is 39.4. The van der Waals surface area contributed by atoms with Crippen LogP contribution in [0.5, 0.6) is 0 Å². The van der Waals surface area contributed by atoms with Gasteiger partial charge in [-0.3, -0.25) is 0 Å². The van der Waals surface area contributed by atoms with Crippen LogP contribution in [0.25, 0.3) is 0 Å². The Morgan fingerprint density at radius 2 is 0.512 bits per heavy atom. The Morgan fingerprint density at radius 3 is 0.767 bits per heavy atom. The maximum atomic E-state index is 2.71. The van der Waals surface area contributed by atoms with Gasteiger partial charge in [-0.1, -0.05) is 213 Å². The highest BCUT2D eigenvalue weighted by molar-refractivity contribution is 4.81. The van der Waals surface area contributed by atoms with Gasteiger partial charge in [0.25, 0.3) is 0 Å². The lowest BCUT2D eigenvalue weighted by Gasteiger charge is -2.20. The molecule has 0 amide bonds. The molecule has 1 heteroatoms. The second kappa shape index (κ2) is 39.7. The zero-order valence-electron chi connectivity index (χ0n) is 30.8. The van der Waals surface area contributed by atoms with Crippen LogP contribution in [-0.2, 0) is 0 Å². The first kappa shape index (κ1) is 42.7. The molecule has 0 bridgehead atoms. The van der Waals surface area contributed by atoms with Crippen LogP contribution in [0.1, 0.15) is 239 Å². The first-order chi connectivity index (χ1) is 21.3. The average Bonchev–Trinajstić information content (AvgIpc) is 3.02.